The number of carbonyl (C=O) groups is 1. The molecule has 0 aliphatic carbocycles. The molecule has 0 aliphatic rings. The molecule has 2 rings (SSSR count). The van der Waals surface area contributed by atoms with E-state index in [2.05, 4.69) is 10.5 Å². The summed E-state index contributed by atoms with van der Waals surface area (Å²) < 4.78 is 5.37. The number of nitro benzene ring substituents is 1. The molecule has 2 aromatic carbocycles. The van der Waals surface area contributed by atoms with Gasteiger partial charge in [0.15, 0.2) is 5.75 Å². The smallest absolute Gasteiger partial charge is 0.311 e. The van der Waals surface area contributed by atoms with Gasteiger partial charge in [-0.25, -0.2) is 5.43 Å². The molecule has 0 spiro atoms. The molecular weight excluding hydrogens is 402 g/mol. The van der Waals surface area contributed by atoms with Crippen LogP contribution in [0.3, 0.4) is 0 Å². The van der Waals surface area contributed by atoms with E-state index in [9.17, 15) is 14.9 Å². The van der Waals surface area contributed by atoms with Crippen molar-refractivity contribution in [2.24, 2.45) is 5.10 Å². The number of thioether (sulfide) groups is 1. The molecule has 0 aliphatic heterocycles. The summed E-state index contributed by atoms with van der Waals surface area (Å²) in [6.45, 7) is 2.31. The highest BCUT2D eigenvalue weighted by molar-refractivity contribution is 7.98. The van der Waals surface area contributed by atoms with Gasteiger partial charge in [0, 0.05) is 21.5 Å². The number of nitrogens with one attached hydrogen (secondary N) is 1. The zero-order valence-corrected chi connectivity index (χ0v) is 17.0. The number of hydrogen-bond donors (Lipinski definition) is 1. The number of carbonyl (C=O) groups excluding carboxylic acids is 1. The van der Waals surface area contributed by atoms with Gasteiger partial charge in [0.1, 0.15) is 0 Å². The largest absolute Gasteiger partial charge is 0.487 e. The van der Waals surface area contributed by atoms with Crippen molar-refractivity contribution >= 4 is 41.2 Å². The van der Waals surface area contributed by atoms with Crippen molar-refractivity contribution in [3.05, 3.63) is 62.7 Å². The maximum atomic E-state index is 12.1. The third kappa shape index (κ3) is 6.24. The van der Waals surface area contributed by atoms with E-state index in [1.807, 2.05) is 19.2 Å². The Hall–Kier alpha value is -2.58. The van der Waals surface area contributed by atoms with Gasteiger partial charge in [0.2, 0.25) is 5.91 Å². The predicted molar refractivity (Wildman–Crippen MR) is 112 cm³/mol. The van der Waals surface area contributed by atoms with Crippen LogP contribution in [0.5, 0.6) is 5.75 Å². The summed E-state index contributed by atoms with van der Waals surface area (Å²) in [6.07, 6.45) is 4.14. The van der Waals surface area contributed by atoms with Gasteiger partial charge in [-0.2, -0.15) is 5.10 Å². The van der Waals surface area contributed by atoms with Crippen LogP contribution in [-0.4, -0.2) is 29.9 Å². The third-order valence-electron chi connectivity index (χ3n) is 3.64. The van der Waals surface area contributed by atoms with E-state index >= 15 is 0 Å². The molecular formula is C19H20ClN3O4S. The fourth-order valence-electron chi connectivity index (χ4n) is 2.37. The number of nitro groups is 1. The summed E-state index contributed by atoms with van der Waals surface area (Å²) in [7, 11) is 0. The summed E-state index contributed by atoms with van der Waals surface area (Å²) in [5, 5.41) is 15.6. The van der Waals surface area contributed by atoms with E-state index in [0.29, 0.717) is 17.2 Å². The molecule has 1 amide bonds. The van der Waals surface area contributed by atoms with Crippen LogP contribution >= 0.6 is 23.4 Å². The minimum atomic E-state index is -0.510. The Balaban J connectivity index is 2.04. The molecule has 0 atom stereocenters. The average Bonchev–Trinajstić information content (AvgIpc) is 2.67. The molecule has 2 aromatic rings. The molecule has 28 heavy (non-hydrogen) atoms. The van der Waals surface area contributed by atoms with E-state index in [1.54, 1.807) is 18.2 Å². The fraction of sp³-hybridized carbons (Fsp3) is 0.263. The van der Waals surface area contributed by atoms with Gasteiger partial charge in [-0.1, -0.05) is 18.5 Å². The predicted octanol–water partition coefficient (Wildman–Crippen LogP) is 4.45. The van der Waals surface area contributed by atoms with Crippen LogP contribution in [0.15, 0.2) is 46.4 Å². The number of nitrogens with zero attached hydrogens (tertiary/aromatic N) is 2. The molecule has 0 fully saturated rings. The van der Waals surface area contributed by atoms with Crippen molar-refractivity contribution in [2.75, 3.05) is 12.9 Å². The number of hydrazone groups is 1. The second kappa shape index (κ2) is 10.7. The third-order valence-corrected chi connectivity index (χ3v) is 4.71. The normalized spacial score (nSPS) is 10.8. The van der Waals surface area contributed by atoms with Crippen molar-refractivity contribution < 1.29 is 14.5 Å². The molecule has 0 heterocycles. The van der Waals surface area contributed by atoms with Crippen molar-refractivity contribution in [3.63, 3.8) is 0 Å². The minimum Gasteiger partial charge on any atom is -0.487 e. The highest BCUT2D eigenvalue weighted by Gasteiger charge is 2.15. The molecule has 0 saturated carbocycles. The Morgan fingerprint density at radius 1 is 1.36 bits per heavy atom. The zero-order valence-electron chi connectivity index (χ0n) is 15.5. The first kappa shape index (κ1) is 21.7. The van der Waals surface area contributed by atoms with Gasteiger partial charge in [0.05, 0.1) is 24.2 Å². The molecule has 0 bridgehead atoms. The van der Waals surface area contributed by atoms with Crippen molar-refractivity contribution in [1.29, 1.82) is 0 Å². The number of hydrogen-bond acceptors (Lipinski definition) is 6. The minimum absolute atomic E-state index is 0.123. The molecule has 7 nitrogen and oxygen atoms in total. The summed E-state index contributed by atoms with van der Waals surface area (Å²) in [5.74, 6) is -0.107. The molecule has 148 valence electrons. The monoisotopic (exact) mass is 421 g/mol. The molecule has 0 unspecified atom stereocenters. The number of benzene rings is 2. The Kier molecular flexibility index (Phi) is 8.28. The van der Waals surface area contributed by atoms with Gasteiger partial charge in [-0.05, 0) is 48.6 Å². The second-order valence-corrected chi connectivity index (χ2v) is 7.04. The number of ether oxygens (including phenoxy) is 1. The Labute approximate surface area is 172 Å². The number of amides is 1. The van der Waals surface area contributed by atoms with E-state index in [4.69, 9.17) is 16.3 Å². The summed E-state index contributed by atoms with van der Waals surface area (Å²) in [4.78, 5) is 23.8. The van der Waals surface area contributed by atoms with E-state index < -0.39 is 4.92 Å². The highest BCUT2D eigenvalue weighted by Crippen LogP contribution is 2.27. The van der Waals surface area contributed by atoms with Crippen molar-refractivity contribution in [1.82, 2.24) is 5.43 Å². The molecule has 0 saturated heterocycles. The summed E-state index contributed by atoms with van der Waals surface area (Å²) in [5.41, 5.74) is 3.56. The van der Waals surface area contributed by atoms with Crippen molar-refractivity contribution in [3.8, 4) is 5.75 Å². The van der Waals surface area contributed by atoms with Gasteiger partial charge < -0.3 is 4.74 Å². The van der Waals surface area contributed by atoms with Crippen LogP contribution in [0.1, 0.15) is 24.5 Å². The maximum absolute atomic E-state index is 12.1. The lowest BCUT2D eigenvalue weighted by molar-refractivity contribution is -0.385. The lowest BCUT2D eigenvalue weighted by Crippen LogP contribution is -2.20. The van der Waals surface area contributed by atoms with Crippen LogP contribution < -0.4 is 10.2 Å². The first-order valence-electron chi connectivity index (χ1n) is 8.50. The summed E-state index contributed by atoms with van der Waals surface area (Å²) in [6, 6.07) is 9.89. The fourth-order valence-corrected chi connectivity index (χ4v) is 3.16. The molecule has 0 aromatic heterocycles. The lowest BCUT2D eigenvalue weighted by atomic mass is 10.1. The maximum Gasteiger partial charge on any atom is 0.311 e. The van der Waals surface area contributed by atoms with Crippen LogP contribution in [0.25, 0.3) is 0 Å². The first-order valence-corrected chi connectivity index (χ1v) is 10.1. The first-order chi connectivity index (χ1) is 13.4. The number of halogens is 1. The van der Waals surface area contributed by atoms with Crippen molar-refractivity contribution in [2.45, 2.75) is 24.7 Å². The molecule has 1 N–H and O–H groups in total. The summed E-state index contributed by atoms with van der Waals surface area (Å²) >= 11 is 7.52. The van der Waals surface area contributed by atoms with E-state index in [-0.39, 0.29) is 23.8 Å². The van der Waals surface area contributed by atoms with E-state index in [1.165, 1.54) is 30.1 Å². The van der Waals surface area contributed by atoms with E-state index in [0.717, 1.165) is 16.9 Å². The highest BCUT2D eigenvalue weighted by atomic mass is 35.5. The SMILES string of the molecule is CCCOc1ccc(/C=N\NC(=O)Cc2cc(Cl)ccc2SC)cc1[N+](=O)[O-]. The Bertz CT molecular complexity index is 889. The Morgan fingerprint density at radius 3 is 2.82 bits per heavy atom. The van der Waals surface area contributed by atoms with Gasteiger partial charge in [-0.3, -0.25) is 14.9 Å². The Morgan fingerprint density at radius 2 is 2.14 bits per heavy atom. The van der Waals surface area contributed by atoms with Gasteiger partial charge >= 0.3 is 5.69 Å². The van der Waals surface area contributed by atoms with Gasteiger partial charge in [-0.15, -0.1) is 11.8 Å². The van der Waals surface area contributed by atoms with Gasteiger partial charge in [0.25, 0.3) is 0 Å². The average molecular weight is 422 g/mol. The van der Waals surface area contributed by atoms with Crippen LogP contribution in [0, 0.1) is 10.1 Å². The lowest BCUT2D eigenvalue weighted by Gasteiger charge is -2.07. The molecule has 9 heteroatoms. The zero-order chi connectivity index (χ0) is 20.5. The standard InChI is InChI=1S/C19H20ClN3O4S/c1-3-8-27-17-6-4-13(9-16(17)23(25)26)12-21-22-19(24)11-14-10-15(20)5-7-18(14)28-2/h4-7,9-10,12H,3,8,11H2,1-2H3,(H,22,24)/b21-12-. The topological polar surface area (TPSA) is 93.8 Å². The second-order valence-electron chi connectivity index (χ2n) is 5.76. The quantitative estimate of drug-likeness (QED) is 0.279. The van der Waals surface area contributed by atoms with Crippen LogP contribution in [0.4, 0.5) is 5.69 Å². The number of rotatable bonds is 9. The molecule has 0 radical (unpaired) electrons. The van der Waals surface area contributed by atoms with Crippen LogP contribution in [-0.2, 0) is 11.2 Å². The van der Waals surface area contributed by atoms with Crippen LogP contribution in [0.2, 0.25) is 5.02 Å².